The maximum atomic E-state index is 12.9. The van der Waals surface area contributed by atoms with Crippen LogP contribution in [0.4, 0.5) is 5.69 Å². The van der Waals surface area contributed by atoms with Gasteiger partial charge in [0.25, 0.3) is 10.0 Å². The fourth-order valence-corrected chi connectivity index (χ4v) is 6.39. The number of amides is 1. The van der Waals surface area contributed by atoms with Crippen molar-refractivity contribution in [2.24, 2.45) is 5.92 Å². The van der Waals surface area contributed by atoms with Crippen molar-refractivity contribution in [3.63, 3.8) is 0 Å². The normalized spacial score (nSPS) is 19.3. The van der Waals surface area contributed by atoms with E-state index in [0.29, 0.717) is 29.5 Å². The number of rotatable bonds is 6. The number of carbonyl (C=O) groups excluding carboxylic acids is 1. The van der Waals surface area contributed by atoms with Gasteiger partial charge in [-0.15, -0.1) is 11.3 Å². The molecule has 3 rings (SSSR count). The van der Waals surface area contributed by atoms with Crippen LogP contribution in [0, 0.1) is 12.8 Å². The molecular formula is C21H28N2O3S2. The van der Waals surface area contributed by atoms with Gasteiger partial charge in [0.2, 0.25) is 5.91 Å². The van der Waals surface area contributed by atoms with E-state index in [1.807, 2.05) is 37.3 Å². The van der Waals surface area contributed by atoms with Gasteiger partial charge in [-0.2, -0.15) is 4.31 Å². The highest BCUT2D eigenvalue weighted by Crippen LogP contribution is 2.29. The molecule has 1 amide bonds. The molecule has 0 spiro atoms. The van der Waals surface area contributed by atoms with Crippen molar-refractivity contribution >= 4 is 33.0 Å². The van der Waals surface area contributed by atoms with Crippen molar-refractivity contribution in [2.75, 3.05) is 18.4 Å². The fraction of sp³-hybridized carbons (Fsp3) is 0.476. The first-order valence-electron chi connectivity index (χ1n) is 9.78. The number of hydrogen-bond donors (Lipinski definition) is 1. The van der Waals surface area contributed by atoms with Crippen molar-refractivity contribution in [3.05, 3.63) is 46.8 Å². The van der Waals surface area contributed by atoms with E-state index in [1.165, 1.54) is 21.2 Å². The van der Waals surface area contributed by atoms with Gasteiger partial charge in [0.05, 0.1) is 5.92 Å². The third-order valence-corrected chi connectivity index (χ3v) is 8.76. The highest BCUT2D eigenvalue weighted by molar-refractivity contribution is 7.91. The molecule has 2 aromatic rings. The number of thiophene rings is 1. The maximum Gasteiger partial charge on any atom is 0.252 e. The lowest BCUT2D eigenvalue weighted by atomic mass is 9.97. The van der Waals surface area contributed by atoms with Gasteiger partial charge in [-0.3, -0.25) is 4.79 Å². The second-order valence-electron chi connectivity index (χ2n) is 7.49. The van der Waals surface area contributed by atoms with E-state index in [-0.39, 0.29) is 18.4 Å². The number of piperidine rings is 1. The molecule has 1 N–H and O–H groups in total. The quantitative estimate of drug-likeness (QED) is 0.742. The summed E-state index contributed by atoms with van der Waals surface area (Å²) in [6.45, 7) is 6.92. The van der Waals surface area contributed by atoms with Gasteiger partial charge in [-0.25, -0.2) is 8.42 Å². The van der Waals surface area contributed by atoms with Gasteiger partial charge in [-0.1, -0.05) is 26.0 Å². The summed E-state index contributed by atoms with van der Waals surface area (Å²) in [5, 5.41) is 2.95. The number of anilines is 1. The molecule has 0 aliphatic carbocycles. The predicted octanol–water partition coefficient (Wildman–Crippen LogP) is 4.61. The lowest BCUT2D eigenvalue weighted by molar-refractivity contribution is -0.120. The molecule has 2 heterocycles. The average molecular weight is 421 g/mol. The van der Waals surface area contributed by atoms with E-state index in [0.717, 1.165) is 17.0 Å². The minimum atomic E-state index is -3.53. The zero-order valence-electron chi connectivity index (χ0n) is 16.6. The van der Waals surface area contributed by atoms with Crippen molar-refractivity contribution in [1.29, 1.82) is 0 Å². The first-order valence-corrected chi connectivity index (χ1v) is 12.0. The number of benzene rings is 1. The van der Waals surface area contributed by atoms with Crippen LogP contribution in [0.1, 0.15) is 49.5 Å². The summed E-state index contributed by atoms with van der Waals surface area (Å²) >= 11 is 1.28. The Hall–Kier alpha value is -1.70. The van der Waals surface area contributed by atoms with Gasteiger partial charge in [0.1, 0.15) is 4.21 Å². The van der Waals surface area contributed by atoms with Crippen LogP contribution in [0.3, 0.4) is 0 Å². The molecule has 2 atom stereocenters. The zero-order chi connectivity index (χ0) is 20.3. The van der Waals surface area contributed by atoms with E-state index in [1.54, 1.807) is 6.07 Å². The summed E-state index contributed by atoms with van der Waals surface area (Å²) in [6, 6.07) is 11.4. The van der Waals surface area contributed by atoms with Gasteiger partial charge >= 0.3 is 0 Å². The van der Waals surface area contributed by atoms with Gasteiger partial charge in [0, 0.05) is 23.7 Å². The SMILES string of the molecule is CCC(C)c1ccc(NC(=O)C2CCCN(S(=O)(=O)c3ccc(C)s3)C2)cc1. The largest absolute Gasteiger partial charge is 0.326 e. The highest BCUT2D eigenvalue weighted by atomic mass is 32.2. The molecule has 1 aromatic carbocycles. The van der Waals surface area contributed by atoms with Crippen LogP contribution in [0.2, 0.25) is 0 Å². The molecule has 1 aromatic heterocycles. The number of aryl methyl sites for hydroxylation is 1. The summed E-state index contributed by atoms with van der Waals surface area (Å²) < 4.78 is 27.5. The monoisotopic (exact) mass is 420 g/mol. The number of carbonyl (C=O) groups is 1. The van der Waals surface area contributed by atoms with Gasteiger partial charge < -0.3 is 5.32 Å². The Balaban J connectivity index is 1.66. The highest BCUT2D eigenvalue weighted by Gasteiger charge is 2.34. The number of nitrogens with zero attached hydrogens (tertiary/aromatic N) is 1. The molecule has 0 radical (unpaired) electrons. The van der Waals surface area contributed by atoms with E-state index < -0.39 is 10.0 Å². The van der Waals surface area contributed by atoms with Crippen LogP contribution in [0.15, 0.2) is 40.6 Å². The van der Waals surface area contributed by atoms with Crippen LogP contribution >= 0.6 is 11.3 Å². The van der Waals surface area contributed by atoms with Crippen LogP contribution in [0.25, 0.3) is 0 Å². The lowest BCUT2D eigenvalue weighted by Gasteiger charge is -2.30. The van der Waals surface area contributed by atoms with Crippen LogP contribution in [0.5, 0.6) is 0 Å². The first kappa shape index (κ1) is 21.0. The Kier molecular flexibility index (Phi) is 6.58. The summed E-state index contributed by atoms with van der Waals surface area (Å²) in [7, 11) is -3.53. The standard InChI is InChI=1S/C21H28N2O3S2/c1-4-15(2)17-8-10-19(11-9-17)22-21(24)18-6-5-13-23(14-18)28(25,26)20-12-7-16(3)27-20/h7-12,15,18H,4-6,13-14H2,1-3H3,(H,22,24). The number of sulfonamides is 1. The van der Waals surface area contributed by atoms with Crippen molar-refractivity contribution in [3.8, 4) is 0 Å². The Bertz CT molecular complexity index is 919. The molecule has 1 aliphatic rings. The fourth-order valence-electron chi connectivity index (χ4n) is 3.43. The molecule has 0 saturated carbocycles. The van der Waals surface area contributed by atoms with Crippen molar-refractivity contribution in [2.45, 2.75) is 50.2 Å². The molecule has 5 nitrogen and oxygen atoms in total. The second kappa shape index (κ2) is 8.76. The zero-order valence-corrected chi connectivity index (χ0v) is 18.3. The smallest absolute Gasteiger partial charge is 0.252 e. The Labute approximate surface area is 171 Å². The Morgan fingerprint density at radius 3 is 2.57 bits per heavy atom. The van der Waals surface area contributed by atoms with Gasteiger partial charge in [-0.05, 0) is 61.9 Å². The van der Waals surface area contributed by atoms with Crippen molar-refractivity contribution in [1.82, 2.24) is 4.31 Å². The summed E-state index contributed by atoms with van der Waals surface area (Å²) in [6.07, 6.45) is 2.46. The number of nitrogens with one attached hydrogen (secondary N) is 1. The Morgan fingerprint density at radius 1 is 1.25 bits per heavy atom. The molecule has 1 aliphatic heterocycles. The predicted molar refractivity (Wildman–Crippen MR) is 114 cm³/mol. The third kappa shape index (κ3) is 4.64. The molecule has 28 heavy (non-hydrogen) atoms. The minimum Gasteiger partial charge on any atom is -0.326 e. The van der Waals surface area contributed by atoms with E-state index in [9.17, 15) is 13.2 Å². The molecule has 7 heteroatoms. The van der Waals surface area contributed by atoms with Crippen molar-refractivity contribution < 1.29 is 13.2 Å². The topological polar surface area (TPSA) is 66.5 Å². The maximum absolute atomic E-state index is 12.9. The van der Waals surface area contributed by atoms with E-state index in [4.69, 9.17) is 0 Å². The summed E-state index contributed by atoms with van der Waals surface area (Å²) in [4.78, 5) is 13.7. The van der Waals surface area contributed by atoms with Crippen LogP contribution in [-0.2, 0) is 14.8 Å². The minimum absolute atomic E-state index is 0.112. The summed E-state index contributed by atoms with van der Waals surface area (Å²) in [5.41, 5.74) is 2.01. The third-order valence-electron chi connectivity index (χ3n) is 5.42. The lowest BCUT2D eigenvalue weighted by Crippen LogP contribution is -2.43. The van der Waals surface area contributed by atoms with Crippen LogP contribution < -0.4 is 5.32 Å². The molecule has 0 bridgehead atoms. The summed E-state index contributed by atoms with van der Waals surface area (Å²) in [5.74, 6) is 0.0418. The number of hydrogen-bond acceptors (Lipinski definition) is 4. The molecule has 2 unspecified atom stereocenters. The Morgan fingerprint density at radius 2 is 1.96 bits per heavy atom. The molecular weight excluding hydrogens is 392 g/mol. The molecule has 152 valence electrons. The second-order valence-corrected chi connectivity index (χ2v) is 10.9. The van der Waals surface area contributed by atoms with E-state index >= 15 is 0 Å². The first-order chi connectivity index (χ1) is 13.3. The van der Waals surface area contributed by atoms with Gasteiger partial charge in [0.15, 0.2) is 0 Å². The van der Waals surface area contributed by atoms with Crippen LogP contribution in [-0.4, -0.2) is 31.7 Å². The molecule has 1 fully saturated rings. The van der Waals surface area contributed by atoms with E-state index in [2.05, 4.69) is 19.2 Å². The molecule has 1 saturated heterocycles. The average Bonchev–Trinajstić information content (AvgIpc) is 3.15.